The van der Waals surface area contributed by atoms with E-state index in [2.05, 4.69) is 29.2 Å². The van der Waals surface area contributed by atoms with Gasteiger partial charge >= 0.3 is 0 Å². The van der Waals surface area contributed by atoms with E-state index in [4.69, 9.17) is 4.99 Å². The molecule has 2 nitrogen and oxygen atoms in total. The van der Waals surface area contributed by atoms with E-state index in [1.165, 1.54) is 5.57 Å². The van der Waals surface area contributed by atoms with Crippen molar-refractivity contribution in [3.63, 3.8) is 0 Å². The first-order valence-corrected chi connectivity index (χ1v) is 7.39. The third kappa shape index (κ3) is 2.13. The zero-order chi connectivity index (χ0) is 13.5. The van der Waals surface area contributed by atoms with Crippen LogP contribution in [0.5, 0.6) is 0 Å². The number of halogens is 1. The first-order chi connectivity index (χ1) is 9.14. The van der Waals surface area contributed by atoms with Gasteiger partial charge in [0.2, 0.25) is 0 Å². The van der Waals surface area contributed by atoms with Crippen LogP contribution in [0, 0.1) is 0 Å². The van der Waals surface area contributed by atoms with Crippen LogP contribution in [0.1, 0.15) is 26.7 Å². The molecule has 1 unspecified atom stereocenters. The van der Waals surface area contributed by atoms with E-state index in [9.17, 15) is 4.39 Å². The van der Waals surface area contributed by atoms with E-state index in [0.717, 1.165) is 35.3 Å². The molecule has 3 aliphatic rings. The Morgan fingerprint density at radius 1 is 1.53 bits per heavy atom. The molecule has 0 bridgehead atoms. The van der Waals surface area contributed by atoms with Crippen molar-refractivity contribution < 1.29 is 4.39 Å². The van der Waals surface area contributed by atoms with Crippen LogP contribution < -0.4 is 4.72 Å². The summed E-state index contributed by atoms with van der Waals surface area (Å²) in [6.07, 6.45) is 8.01. The van der Waals surface area contributed by atoms with Gasteiger partial charge in [-0.25, -0.2) is 9.11 Å². The lowest BCUT2D eigenvalue weighted by Gasteiger charge is -2.29. The number of hydrogen-bond donors (Lipinski definition) is 1. The summed E-state index contributed by atoms with van der Waals surface area (Å²) in [6.45, 7) is 3.73. The summed E-state index contributed by atoms with van der Waals surface area (Å²) in [5.41, 5.74) is 4.69. The lowest BCUT2D eigenvalue weighted by Crippen LogP contribution is -2.37. The first kappa shape index (κ1) is 12.9. The number of dihydropyridines is 1. The molecule has 0 saturated carbocycles. The standard InChI is InChI=1S/C15H17FN2S/c1-10-7-12-9-19-18-15(12,2)17-14(10)13-6-4-3-5-11(13)8-16/h4,6-7,9,18H,3,5,8H2,1-2H3. The summed E-state index contributed by atoms with van der Waals surface area (Å²) in [6, 6.07) is 0. The van der Waals surface area contributed by atoms with Crippen molar-refractivity contribution in [2.24, 2.45) is 4.99 Å². The van der Waals surface area contributed by atoms with Gasteiger partial charge in [0.15, 0.2) is 0 Å². The molecule has 0 fully saturated rings. The maximum Gasteiger partial charge on any atom is 0.143 e. The monoisotopic (exact) mass is 276 g/mol. The first-order valence-electron chi connectivity index (χ1n) is 6.51. The highest BCUT2D eigenvalue weighted by atomic mass is 32.2. The number of allylic oxidation sites excluding steroid dienone is 5. The highest BCUT2D eigenvalue weighted by molar-refractivity contribution is 8.00. The van der Waals surface area contributed by atoms with E-state index >= 15 is 0 Å². The molecule has 1 aliphatic carbocycles. The number of fused-ring (bicyclic) bond motifs is 1. The minimum absolute atomic E-state index is 0.376. The Labute approximate surface area is 117 Å². The summed E-state index contributed by atoms with van der Waals surface area (Å²) in [5, 5.41) is 2.09. The molecular weight excluding hydrogens is 259 g/mol. The average Bonchev–Trinajstić information content (AvgIpc) is 2.79. The van der Waals surface area contributed by atoms with E-state index in [1.54, 1.807) is 11.9 Å². The third-order valence-electron chi connectivity index (χ3n) is 3.78. The summed E-state index contributed by atoms with van der Waals surface area (Å²) >= 11 is 1.56. The Morgan fingerprint density at radius 2 is 2.37 bits per heavy atom. The molecule has 0 saturated heterocycles. The zero-order valence-corrected chi connectivity index (χ0v) is 12.0. The fourth-order valence-corrected chi connectivity index (χ4v) is 3.50. The molecule has 4 heteroatoms. The normalized spacial score (nSPS) is 29.9. The van der Waals surface area contributed by atoms with Crippen molar-refractivity contribution in [1.29, 1.82) is 0 Å². The molecule has 0 spiro atoms. The van der Waals surface area contributed by atoms with Crippen molar-refractivity contribution in [2.75, 3.05) is 6.67 Å². The second-order valence-electron chi connectivity index (χ2n) is 5.24. The van der Waals surface area contributed by atoms with Crippen LogP contribution in [-0.2, 0) is 0 Å². The number of aliphatic imine (C=N–C) groups is 1. The maximum atomic E-state index is 13.2. The van der Waals surface area contributed by atoms with E-state index in [-0.39, 0.29) is 12.3 Å². The van der Waals surface area contributed by atoms with Gasteiger partial charge in [0, 0.05) is 11.1 Å². The van der Waals surface area contributed by atoms with Gasteiger partial charge in [0.25, 0.3) is 0 Å². The number of alkyl halides is 1. The predicted molar refractivity (Wildman–Crippen MR) is 79.8 cm³/mol. The fraction of sp³-hybridized carbons (Fsp3) is 0.400. The zero-order valence-electron chi connectivity index (χ0n) is 11.2. The van der Waals surface area contributed by atoms with Crippen LogP contribution in [-0.4, -0.2) is 18.0 Å². The highest BCUT2D eigenvalue weighted by Gasteiger charge is 2.35. The second-order valence-corrected chi connectivity index (χ2v) is 5.92. The van der Waals surface area contributed by atoms with Gasteiger partial charge in [0.05, 0.1) is 5.71 Å². The van der Waals surface area contributed by atoms with Crippen molar-refractivity contribution in [3.8, 4) is 0 Å². The smallest absolute Gasteiger partial charge is 0.143 e. The number of hydrogen-bond acceptors (Lipinski definition) is 3. The molecule has 2 aliphatic heterocycles. The second kappa shape index (κ2) is 4.76. The Bertz CT molecular complexity index is 569. The molecule has 19 heavy (non-hydrogen) atoms. The van der Waals surface area contributed by atoms with Crippen LogP contribution in [0.4, 0.5) is 4.39 Å². The average molecular weight is 276 g/mol. The number of rotatable bonds is 2. The molecule has 0 aromatic rings. The third-order valence-corrected chi connectivity index (χ3v) is 4.67. The van der Waals surface area contributed by atoms with Crippen LogP contribution in [0.25, 0.3) is 0 Å². The molecule has 0 aromatic carbocycles. The molecule has 0 aromatic heterocycles. The van der Waals surface area contributed by atoms with E-state index in [1.807, 2.05) is 13.0 Å². The fourth-order valence-electron chi connectivity index (χ4n) is 2.63. The van der Waals surface area contributed by atoms with Crippen molar-refractivity contribution in [2.45, 2.75) is 32.4 Å². The van der Waals surface area contributed by atoms with Crippen LogP contribution in [0.2, 0.25) is 0 Å². The largest absolute Gasteiger partial charge is 0.257 e. The Morgan fingerprint density at radius 3 is 3.16 bits per heavy atom. The van der Waals surface area contributed by atoms with Gasteiger partial charge in [-0.3, -0.25) is 4.99 Å². The van der Waals surface area contributed by atoms with Gasteiger partial charge in [-0.15, -0.1) is 0 Å². The molecule has 0 radical (unpaired) electrons. The predicted octanol–water partition coefficient (Wildman–Crippen LogP) is 3.85. The topological polar surface area (TPSA) is 24.4 Å². The molecule has 1 N–H and O–H groups in total. The van der Waals surface area contributed by atoms with Gasteiger partial charge in [-0.2, -0.15) is 0 Å². The van der Waals surface area contributed by atoms with Gasteiger partial charge in [-0.1, -0.05) is 24.1 Å². The Balaban J connectivity index is 2.08. The van der Waals surface area contributed by atoms with Crippen molar-refractivity contribution in [1.82, 2.24) is 4.72 Å². The molecular formula is C15H17FN2S. The van der Waals surface area contributed by atoms with Crippen molar-refractivity contribution in [3.05, 3.63) is 45.9 Å². The lowest BCUT2D eigenvalue weighted by molar-refractivity contribution is 0.528. The summed E-state index contributed by atoms with van der Waals surface area (Å²) in [5.74, 6) is 0. The van der Waals surface area contributed by atoms with Gasteiger partial charge < -0.3 is 0 Å². The van der Waals surface area contributed by atoms with Crippen molar-refractivity contribution >= 4 is 17.7 Å². The maximum absolute atomic E-state index is 13.2. The minimum atomic E-state index is -0.381. The van der Waals surface area contributed by atoms with E-state index < -0.39 is 0 Å². The molecule has 100 valence electrons. The molecule has 0 amide bonds. The molecule has 1 atom stereocenters. The number of nitrogens with zero attached hydrogens (tertiary/aromatic N) is 1. The highest BCUT2D eigenvalue weighted by Crippen LogP contribution is 2.37. The molecule has 2 heterocycles. The van der Waals surface area contributed by atoms with Crippen LogP contribution >= 0.6 is 11.9 Å². The Kier molecular flexibility index (Phi) is 3.23. The Hall–Kier alpha value is -1.13. The van der Waals surface area contributed by atoms with Crippen LogP contribution in [0.3, 0.4) is 0 Å². The summed E-state index contributed by atoms with van der Waals surface area (Å²) in [7, 11) is 0. The molecule has 3 rings (SSSR count). The quantitative estimate of drug-likeness (QED) is 0.775. The summed E-state index contributed by atoms with van der Waals surface area (Å²) < 4.78 is 16.5. The van der Waals surface area contributed by atoms with Gasteiger partial charge in [0.1, 0.15) is 12.3 Å². The minimum Gasteiger partial charge on any atom is -0.257 e. The van der Waals surface area contributed by atoms with Gasteiger partial charge in [-0.05, 0) is 49.3 Å². The van der Waals surface area contributed by atoms with Crippen LogP contribution in [0.15, 0.2) is 50.9 Å². The lowest BCUT2D eigenvalue weighted by atomic mass is 9.87. The number of nitrogens with one attached hydrogen (secondary N) is 1. The SMILES string of the molecule is CC1=CC2=CSNC2(C)N=C1C1=C(CF)CCC=C1. The van der Waals surface area contributed by atoms with E-state index in [0.29, 0.717) is 0 Å². The summed E-state index contributed by atoms with van der Waals surface area (Å²) in [4.78, 5) is 4.85.